The van der Waals surface area contributed by atoms with Gasteiger partial charge in [-0.25, -0.2) is 0 Å². The van der Waals surface area contributed by atoms with E-state index in [2.05, 4.69) is 5.32 Å². The number of ether oxygens (including phenoxy) is 2. The number of benzene rings is 1. The van der Waals surface area contributed by atoms with E-state index in [0.717, 1.165) is 31.6 Å². The number of piperidine rings is 1. The third kappa shape index (κ3) is 4.13. The second kappa shape index (κ2) is 8.03. The van der Waals surface area contributed by atoms with Crippen molar-refractivity contribution in [3.05, 3.63) is 23.8 Å². The van der Waals surface area contributed by atoms with Gasteiger partial charge in [-0.2, -0.15) is 0 Å². The minimum atomic E-state index is 0.188. The number of nitrogens with one attached hydrogen (secondary N) is 1. The van der Waals surface area contributed by atoms with Crippen molar-refractivity contribution in [2.45, 2.75) is 19.3 Å². The van der Waals surface area contributed by atoms with Crippen molar-refractivity contribution in [2.75, 3.05) is 40.9 Å². The van der Waals surface area contributed by atoms with E-state index < -0.39 is 0 Å². The standard InChI is InChI=1S/C17H26N2O3/c1-18-11-14-5-4-8-19(12-14)17(20)10-13-6-7-15(21-2)16(9-13)22-3/h6-7,9,14,18H,4-5,8,10-12H2,1-3H3. The molecule has 1 aromatic carbocycles. The van der Waals surface area contributed by atoms with Gasteiger partial charge in [-0.15, -0.1) is 0 Å². The zero-order chi connectivity index (χ0) is 15.9. The second-order valence-electron chi connectivity index (χ2n) is 5.77. The van der Waals surface area contributed by atoms with Crippen molar-refractivity contribution >= 4 is 5.91 Å². The molecule has 1 unspecified atom stereocenters. The Morgan fingerprint density at radius 3 is 2.77 bits per heavy atom. The van der Waals surface area contributed by atoms with Gasteiger partial charge < -0.3 is 19.7 Å². The highest BCUT2D eigenvalue weighted by Crippen LogP contribution is 2.28. The molecule has 0 saturated carbocycles. The molecule has 1 amide bonds. The fourth-order valence-electron chi connectivity index (χ4n) is 3.02. The molecule has 1 aromatic rings. The average Bonchev–Trinajstić information content (AvgIpc) is 2.55. The lowest BCUT2D eigenvalue weighted by Crippen LogP contribution is -2.43. The quantitative estimate of drug-likeness (QED) is 0.869. The molecule has 0 aliphatic carbocycles. The minimum Gasteiger partial charge on any atom is -0.493 e. The molecule has 1 aliphatic rings. The molecule has 1 atom stereocenters. The fourth-order valence-corrected chi connectivity index (χ4v) is 3.02. The van der Waals surface area contributed by atoms with Gasteiger partial charge in [-0.3, -0.25) is 4.79 Å². The fraction of sp³-hybridized carbons (Fsp3) is 0.588. The van der Waals surface area contributed by atoms with Gasteiger partial charge >= 0.3 is 0 Å². The van der Waals surface area contributed by atoms with Crippen LogP contribution < -0.4 is 14.8 Å². The lowest BCUT2D eigenvalue weighted by Gasteiger charge is -2.32. The minimum absolute atomic E-state index is 0.188. The topological polar surface area (TPSA) is 50.8 Å². The first-order valence-corrected chi connectivity index (χ1v) is 7.81. The molecule has 122 valence electrons. The summed E-state index contributed by atoms with van der Waals surface area (Å²) in [6, 6.07) is 5.65. The number of methoxy groups -OCH3 is 2. The summed E-state index contributed by atoms with van der Waals surface area (Å²) in [7, 11) is 5.18. The Labute approximate surface area is 132 Å². The molecule has 0 bridgehead atoms. The van der Waals surface area contributed by atoms with Gasteiger partial charge in [-0.05, 0) is 50.0 Å². The van der Waals surface area contributed by atoms with Crippen LogP contribution in [0.2, 0.25) is 0 Å². The van der Waals surface area contributed by atoms with E-state index in [1.807, 2.05) is 30.1 Å². The number of rotatable bonds is 6. The van der Waals surface area contributed by atoms with Crippen LogP contribution in [0.1, 0.15) is 18.4 Å². The van der Waals surface area contributed by atoms with Crippen LogP contribution in [0, 0.1) is 5.92 Å². The van der Waals surface area contributed by atoms with Crippen LogP contribution in [0.3, 0.4) is 0 Å². The van der Waals surface area contributed by atoms with Crippen molar-refractivity contribution in [1.82, 2.24) is 10.2 Å². The Hall–Kier alpha value is -1.75. The van der Waals surface area contributed by atoms with E-state index >= 15 is 0 Å². The molecule has 0 radical (unpaired) electrons. The van der Waals surface area contributed by atoms with Crippen LogP contribution in [0.15, 0.2) is 18.2 Å². The van der Waals surface area contributed by atoms with Gasteiger partial charge in [0.25, 0.3) is 0 Å². The van der Waals surface area contributed by atoms with E-state index in [1.54, 1.807) is 14.2 Å². The highest BCUT2D eigenvalue weighted by molar-refractivity contribution is 5.79. The molecule has 1 saturated heterocycles. The van der Waals surface area contributed by atoms with Crippen molar-refractivity contribution in [1.29, 1.82) is 0 Å². The van der Waals surface area contributed by atoms with Crippen molar-refractivity contribution < 1.29 is 14.3 Å². The summed E-state index contributed by atoms with van der Waals surface area (Å²) >= 11 is 0. The first-order valence-electron chi connectivity index (χ1n) is 7.81. The second-order valence-corrected chi connectivity index (χ2v) is 5.77. The summed E-state index contributed by atoms with van der Waals surface area (Å²) in [5, 5.41) is 3.21. The number of hydrogen-bond donors (Lipinski definition) is 1. The van der Waals surface area contributed by atoms with E-state index in [9.17, 15) is 4.79 Å². The highest BCUT2D eigenvalue weighted by Gasteiger charge is 2.23. The van der Waals surface area contributed by atoms with Crippen LogP contribution in [0.25, 0.3) is 0 Å². The highest BCUT2D eigenvalue weighted by atomic mass is 16.5. The van der Waals surface area contributed by atoms with E-state index in [4.69, 9.17) is 9.47 Å². The zero-order valence-electron chi connectivity index (χ0n) is 13.7. The number of amides is 1. The predicted octanol–water partition coefficient (Wildman–Crippen LogP) is 1.70. The number of carbonyl (C=O) groups excluding carboxylic acids is 1. The Bertz CT molecular complexity index is 503. The van der Waals surface area contributed by atoms with E-state index in [0.29, 0.717) is 23.8 Å². The number of likely N-dealkylation sites (tertiary alicyclic amines) is 1. The summed E-state index contributed by atoms with van der Waals surface area (Å²) in [5.41, 5.74) is 0.957. The van der Waals surface area contributed by atoms with Crippen molar-refractivity contribution in [3.8, 4) is 11.5 Å². The SMILES string of the molecule is CNCC1CCCN(C(=O)Cc2ccc(OC)c(OC)c2)C1. The van der Waals surface area contributed by atoms with Gasteiger partial charge in [0.1, 0.15) is 0 Å². The summed E-state index contributed by atoms with van der Waals surface area (Å²) in [5.74, 6) is 2.10. The van der Waals surface area contributed by atoms with Gasteiger partial charge in [0, 0.05) is 13.1 Å². The van der Waals surface area contributed by atoms with Crippen molar-refractivity contribution in [2.24, 2.45) is 5.92 Å². The maximum absolute atomic E-state index is 12.5. The molecule has 0 aromatic heterocycles. The van der Waals surface area contributed by atoms with Crippen LogP contribution >= 0.6 is 0 Å². The summed E-state index contributed by atoms with van der Waals surface area (Å²) in [4.78, 5) is 14.5. The molecular weight excluding hydrogens is 280 g/mol. The van der Waals surface area contributed by atoms with Crippen LogP contribution in [0.5, 0.6) is 11.5 Å². The molecule has 1 heterocycles. The smallest absolute Gasteiger partial charge is 0.227 e. The summed E-state index contributed by atoms with van der Waals surface area (Å²) in [6.45, 7) is 2.69. The number of hydrogen-bond acceptors (Lipinski definition) is 4. The molecule has 0 spiro atoms. The normalized spacial score (nSPS) is 18.1. The molecular formula is C17H26N2O3. The van der Waals surface area contributed by atoms with Crippen molar-refractivity contribution in [3.63, 3.8) is 0 Å². The van der Waals surface area contributed by atoms with Crippen LogP contribution in [-0.2, 0) is 11.2 Å². The monoisotopic (exact) mass is 306 g/mol. The lowest BCUT2D eigenvalue weighted by atomic mass is 9.97. The largest absolute Gasteiger partial charge is 0.493 e. The van der Waals surface area contributed by atoms with Gasteiger partial charge in [0.2, 0.25) is 5.91 Å². The molecule has 5 heteroatoms. The van der Waals surface area contributed by atoms with Gasteiger partial charge in [0.15, 0.2) is 11.5 Å². The van der Waals surface area contributed by atoms with Crippen LogP contribution in [-0.4, -0.2) is 51.7 Å². The zero-order valence-corrected chi connectivity index (χ0v) is 13.7. The van der Waals surface area contributed by atoms with Gasteiger partial charge in [-0.1, -0.05) is 6.07 Å². The molecule has 1 aliphatic heterocycles. The third-order valence-electron chi connectivity index (χ3n) is 4.17. The van der Waals surface area contributed by atoms with E-state index in [-0.39, 0.29) is 5.91 Å². The maximum atomic E-state index is 12.5. The first-order chi connectivity index (χ1) is 10.7. The van der Waals surface area contributed by atoms with Gasteiger partial charge in [0.05, 0.1) is 20.6 Å². The Kier molecular flexibility index (Phi) is 6.07. The maximum Gasteiger partial charge on any atom is 0.227 e. The molecule has 22 heavy (non-hydrogen) atoms. The Morgan fingerprint density at radius 1 is 1.32 bits per heavy atom. The average molecular weight is 306 g/mol. The first kappa shape index (κ1) is 16.6. The third-order valence-corrected chi connectivity index (χ3v) is 4.17. The summed E-state index contributed by atoms with van der Waals surface area (Å²) in [6.07, 6.45) is 2.69. The van der Waals surface area contributed by atoms with Crippen LogP contribution in [0.4, 0.5) is 0 Å². The lowest BCUT2D eigenvalue weighted by molar-refractivity contribution is -0.132. The Morgan fingerprint density at radius 2 is 2.09 bits per heavy atom. The molecule has 5 nitrogen and oxygen atoms in total. The number of nitrogens with zero attached hydrogens (tertiary/aromatic N) is 1. The number of carbonyl (C=O) groups is 1. The molecule has 1 fully saturated rings. The predicted molar refractivity (Wildman–Crippen MR) is 86.5 cm³/mol. The van der Waals surface area contributed by atoms with E-state index in [1.165, 1.54) is 6.42 Å². The molecule has 1 N–H and O–H groups in total. The molecule has 2 rings (SSSR count). The summed E-state index contributed by atoms with van der Waals surface area (Å²) < 4.78 is 10.5. The Balaban J connectivity index is 1.99.